The van der Waals surface area contributed by atoms with Crippen LogP contribution in [0.15, 0.2) is 52.7 Å². The van der Waals surface area contributed by atoms with E-state index in [-0.39, 0.29) is 17.7 Å². The average Bonchev–Trinajstić information content (AvgIpc) is 3.45. The highest BCUT2D eigenvalue weighted by Crippen LogP contribution is 2.27. The molecular weight excluding hydrogens is 424 g/mol. The van der Waals surface area contributed by atoms with Crippen LogP contribution in [0.2, 0.25) is 0 Å². The molecule has 3 aromatic rings. The molecule has 2 aromatic heterocycles. The van der Waals surface area contributed by atoms with Gasteiger partial charge in [0.25, 0.3) is 5.91 Å². The number of aromatic nitrogens is 2. The van der Waals surface area contributed by atoms with Gasteiger partial charge >= 0.3 is 0 Å². The summed E-state index contributed by atoms with van der Waals surface area (Å²) in [6, 6.07) is 13.8. The first-order valence-corrected chi connectivity index (χ1v) is 12.0. The highest BCUT2D eigenvalue weighted by atomic mass is 32.2. The molecule has 0 radical (unpaired) electrons. The highest BCUT2D eigenvalue weighted by molar-refractivity contribution is 7.98. The van der Waals surface area contributed by atoms with Gasteiger partial charge in [0.05, 0.1) is 10.6 Å². The van der Waals surface area contributed by atoms with Crippen LogP contribution in [0, 0.1) is 5.92 Å². The molecule has 1 saturated heterocycles. The van der Waals surface area contributed by atoms with Crippen molar-refractivity contribution in [1.82, 2.24) is 15.1 Å². The number of rotatable bonds is 6. The Bertz CT molecular complexity index is 951. The summed E-state index contributed by atoms with van der Waals surface area (Å²) >= 11 is 4.56. The van der Waals surface area contributed by atoms with Gasteiger partial charge in [-0.3, -0.25) is 9.59 Å². The normalized spacial score (nSPS) is 14.7. The second-order valence-corrected chi connectivity index (χ2v) is 9.69. The zero-order chi connectivity index (χ0) is 20.1. The van der Waals surface area contributed by atoms with Crippen LogP contribution in [-0.2, 0) is 10.5 Å². The molecule has 1 aliphatic rings. The van der Waals surface area contributed by atoms with Gasteiger partial charge < -0.3 is 10.2 Å². The molecule has 1 aromatic carbocycles. The van der Waals surface area contributed by atoms with E-state index in [0.717, 1.165) is 15.6 Å². The van der Waals surface area contributed by atoms with Crippen molar-refractivity contribution in [2.45, 2.75) is 23.5 Å². The number of anilines is 1. The zero-order valence-corrected chi connectivity index (χ0v) is 18.1. The molecule has 0 aliphatic carbocycles. The lowest BCUT2D eigenvalue weighted by atomic mass is 9.96. The number of benzene rings is 1. The maximum atomic E-state index is 12.6. The van der Waals surface area contributed by atoms with E-state index in [0.29, 0.717) is 31.1 Å². The zero-order valence-electron chi connectivity index (χ0n) is 15.6. The fraction of sp³-hybridized carbons (Fsp3) is 0.300. The first-order chi connectivity index (χ1) is 14.2. The maximum Gasteiger partial charge on any atom is 0.263 e. The highest BCUT2D eigenvalue weighted by Gasteiger charge is 2.28. The Hall–Kier alpha value is -2.23. The van der Waals surface area contributed by atoms with E-state index in [4.69, 9.17) is 0 Å². The van der Waals surface area contributed by atoms with Crippen LogP contribution in [0.3, 0.4) is 0 Å². The molecule has 3 heterocycles. The fourth-order valence-corrected chi connectivity index (χ4v) is 5.47. The van der Waals surface area contributed by atoms with Gasteiger partial charge in [-0.05, 0) is 36.4 Å². The fourth-order valence-electron chi connectivity index (χ4n) is 3.13. The summed E-state index contributed by atoms with van der Waals surface area (Å²) in [4.78, 5) is 28.8. The molecule has 150 valence electrons. The molecule has 1 N–H and O–H groups in total. The third-order valence-electron chi connectivity index (χ3n) is 4.69. The van der Waals surface area contributed by atoms with E-state index in [1.807, 2.05) is 40.6 Å². The molecule has 0 spiro atoms. The van der Waals surface area contributed by atoms with Crippen LogP contribution in [0.1, 0.15) is 27.5 Å². The lowest BCUT2D eigenvalue weighted by Gasteiger charge is -2.30. The lowest BCUT2D eigenvalue weighted by molar-refractivity contribution is -0.121. The molecule has 29 heavy (non-hydrogen) atoms. The molecular formula is C20H20N4O2S3. The summed E-state index contributed by atoms with van der Waals surface area (Å²) < 4.78 is 0. The maximum absolute atomic E-state index is 12.6. The van der Waals surface area contributed by atoms with Crippen LogP contribution in [0.25, 0.3) is 0 Å². The number of carbonyl (C=O) groups excluding carboxylic acids is 2. The summed E-state index contributed by atoms with van der Waals surface area (Å²) in [5, 5.41) is 14.5. The molecule has 9 heteroatoms. The van der Waals surface area contributed by atoms with Gasteiger partial charge in [0.1, 0.15) is 5.01 Å². The van der Waals surface area contributed by atoms with Crippen molar-refractivity contribution in [1.29, 1.82) is 0 Å². The predicted molar refractivity (Wildman–Crippen MR) is 117 cm³/mol. The van der Waals surface area contributed by atoms with Crippen molar-refractivity contribution in [3.63, 3.8) is 0 Å². The standard InChI is InChI=1S/C20H20N4O2S3/c25-18(14-8-10-24(11-9-14)19(26)16-7-4-12-27-16)21-20-23-22-17(29-20)13-28-15-5-2-1-3-6-15/h1-7,12,14H,8-11,13H2,(H,21,23,25). The quantitative estimate of drug-likeness (QED) is 0.571. The molecule has 0 saturated carbocycles. The van der Waals surface area contributed by atoms with Crippen LogP contribution in [0.5, 0.6) is 0 Å². The third kappa shape index (κ3) is 5.23. The minimum absolute atomic E-state index is 0.0355. The molecule has 0 atom stereocenters. The smallest absolute Gasteiger partial charge is 0.263 e. The molecule has 4 rings (SSSR count). The number of hydrogen-bond acceptors (Lipinski definition) is 7. The van der Waals surface area contributed by atoms with Crippen LogP contribution in [0.4, 0.5) is 5.13 Å². The Kier molecular flexibility index (Phi) is 6.58. The van der Waals surface area contributed by atoms with Crippen molar-refractivity contribution in [2.24, 2.45) is 5.92 Å². The number of likely N-dealkylation sites (tertiary alicyclic amines) is 1. The van der Waals surface area contributed by atoms with Crippen molar-refractivity contribution in [2.75, 3.05) is 18.4 Å². The Morgan fingerprint density at radius 3 is 2.62 bits per heavy atom. The van der Waals surface area contributed by atoms with Gasteiger partial charge in [-0.15, -0.1) is 33.3 Å². The largest absolute Gasteiger partial charge is 0.338 e. The van der Waals surface area contributed by atoms with Crippen LogP contribution >= 0.6 is 34.4 Å². The number of piperidine rings is 1. The number of thiophene rings is 1. The summed E-state index contributed by atoms with van der Waals surface area (Å²) in [7, 11) is 0. The van der Waals surface area contributed by atoms with Crippen LogP contribution < -0.4 is 5.32 Å². The SMILES string of the molecule is O=C(Nc1nnc(CSc2ccccc2)s1)C1CCN(C(=O)c2cccs2)CC1. The first kappa shape index (κ1) is 20.1. The Labute approximate surface area is 181 Å². The Morgan fingerprint density at radius 1 is 1.10 bits per heavy atom. The minimum atomic E-state index is -0.103. The van der Waals surface area contributed by atoms with Gasteiger partial charge in [-0.1, -0.05) is 35.6 Å². The third-order valence-corrected chi connectivity index (χ3v) is 7.59. The number of hydrogen-bond donors (Lipinski definition) is 1. The lowest BCUT2D eigenvalue weighted by Crippen LogP contribution is -2.41. The minimum Gasteiger partial charge on any atom is -0.338 e. The number of amides is 2. The van der Waals surface area contributed by atoms with Gasteiger partial charge in [-0.25, -0.2) is 0 Å². The van der Waals surface area contributed by atoms with Gasteiger partial charge in [0, 0.05) is 23.9 Å². The summed E-state index contributed by atoms with van der Waals surface area (Å²) in [6.07, 6.45) is 1.33. The molecule has 1 aliphatic heterocycles. The second-order valence-electron chi connectivity index (χ2n) is 6.64. The van der Waals surface area contributed by atoms with E-state index in [1.165, 1.54) is 27.6 Å². The Balaban J connectivity index is 1.25. The Morgan fingerprint density at radius 2 is 1.90 bits per heavy atom. The van der Waals surface area contributed by atoms with E-state index >= 15 is 0 Å². The molecule has 6 nitrogen and oxygen atoms in total. The van der Waals surface area contributed by atoms with Crippen molar-refractivity contribution < 1.29 is 9.59 Å². The number of thioether (sulfide) groups is 1. The first-order valence-electron chi connectivity index (χ1n) is 9.33. The number of nitrogens with one attached hydrogen (secondary N) is 1. The topological polar surface area (TPSA) is 75.2 Å². The molecule has 0 unspecified atom stereocenters. The van der Waals surface area contributed by atoms with Gasteiger partial charge in [0.15, 0.2) is 0 Å². The molecule has 0 bridgehead atoms. The van der Waals surface area contributed by atoms with Gasteiger partial charge in [0.2, 0.25) is 11.0 Å². The monoisotopic (exact) mass is 444 g/mol. The molecule has 1 fully saturated rings. The van der Waals surface area contributed by atoms with E-state index in [9.17, 15) is 9.59 Å². The van der Waals surface area contributed by atoms with E-state index in [1.54, 1.807) is 11.8 Å². The average molecular weight is 445 g/mol. The summed E-state index contributed by atoms with van der Waals surface area (Å²) in [6.45, 7) is 1.20. The van der Waals surface area contributed by atoms with E-state index in [2.05, 4.69) is 27.6 Å². The van der Waals surface area contributed by atoms with Crippen LogP contribution in [-0.4, -0.2) is 40.0 Å². The molecule has 2 amide bonds. The summed E-state index contributed by atoms with van der Waals surface area (Å²) in [5.41, 5.74) is 0. The summed E-state index contributed by atoms with van der Waals surface area (Å²) in [5.74, 6) is 0.643. The van der Waals surface area contributed by atoms with Crippen molar-refractivity contribution >= 4 is 51.4 Å². The van der Waals surface area contributed by atoms with Gasteiger partial charge in [-0.2, -0.15) is 0 Å². The second kappa shape index (κ2) is 9.51. The number of carbonyl (C=O) groups is 2. The van der Waals surface area contributed by atoms with Crippen molar-refractivity contribution in [3.05, 3.63) is 57.7 Å². The van der Waals surface area contributed by atoms with E-state index < -0.39 is 0 Å². The van der Waals surface area contributed by atoms with Crippen molar-refractivity contribution in [3.8, 4) is 0 Å². The number of nitrogens with zero attached hydrogens (tertiary/aromatic N) is 3. The predicted octanol–water partition coefficient (Wildman–Crippen LogP) is 4.38.